The number of ether oxygens (including phenoxy) is 1. The standard InChI is InChI=1S/C14H23NO/c1-13-5-7-14(8-6-13)16-12-11-15-9-3-2-4-10-15/h5,7H,2-4,6,8-12H2,1H3. The van der Waals surface area contributed by atoms with E-state index in [0.29, 0.717) is 0 Å². The summed E-state index contributed by atoms with van der Waals surface area (Å²) in [6, 6.07) is 0. The van der Waals surface area contributed by atoms with Crippen LogP contribution in [0.15, 0.2) is 23.5 Å². The van der Waals surface area contributed by atoms with Crippen molar-refractivity contribution >= 4 is 0 Å². The molecule has 0 radical (unpaired) electrons. The minimum atomic E-state index is 0.860. The van der Waals surface area contributed by atoms with Gasteiger partial charge in [0.05, 0.1) is 5.76 Å². The van der Waals surface area contributed by atoms with Gasteiger partial charge in [0.2, 0.25) is 0 Å². The second-order valence-electron chi connectivity index (χ2n) is 4.90. The molecule has 90 valence electrons. The van der Waals surface area contributed by atoms with Gasteiger partial charge in [-0.2, -0.15) is 0 Å². The Morgan fingerprint density at radius 1 is 1.12 bits per heavy atom. The van der Waals surface area contributed by atoms with Gasteiger partial charge in [0.25, 0.3) is 0 Å². The van der Waals surface area contributed by atoms with Gasteiger partial charge in [0, 0.05) is 13.0 Å². The third-order valence-corrected chi connectivity index (χ3v) is 3.46. The lowest BCUT2D eigenvalue weighted by atomic mass is 10.1. The number of hydrogen-bond donors (Lipinski definition) is 0. The third kappa shape index (κ3) is 3.67. The zero-order valence-electron chi connectivity index (χ0n) is 10.4. The Kier molecular flexibility index (Phi) is 4.46. The van der Waals surface area contributed by atoms with Crippen molar-refractivity contribution in [1.29, 1.82) is 0 Å². The monoisotopic (exact) mass is 221 g/mol. The van der Waals surface area contributed by atoms with Crippen molar-refractivity contribution < 1.29 is 4.74 Å². The van der Waals surface area contributed by atoms with Crippen LogP contribution in [-0.4, -0.2) is 31.1 Å². The van der Waals surface area contributed by atoms with Crippen LogP contribution >= 0.6 is 0 Å². The molecule has 0 unspecified atom stereocenters. The van der Waals surface area contributed by atoms with Crippen LogP contribution in [0.3, 0.4) is 0 Å². The number of allylic oxidation sites excluding steroid dienone is 4. The highest BCUT2D eigenvalue weighted by atomic mass is 16.5. The summed E-state index contributed by atoms with van der Waals surface area (Å²) in [7, 11) is 0. The lowest BCUT2D eigenvalue weighted by Gasteiger charge is -2.26. The molecule has 16 heavy (non-hydrogen) atoms. The molecule has 2 aliphatic rings. The van der Waals surface area contributed by atoms with Crippen molar-refractivity contribution in [1.82, 2.24) is 4.90 Å². The maximum absolute atomic E-state index is 5.81. The highest BCUT2D eigenvalue weighted by molar-refractivity contribution is 5.19. The molecule has 0 saturated carbocycles. The van der Waals surface area contributed by atoms with Crippen LogP contribution < -0.4 is 0 Å². The summed E-state index contributed by atoms with van der Waals surface area (Å²) in [4.78, 5) is 2.52. The summed E-state index contributed by atoms with van der Waals surface area (Å²) in [5, 5.41) is 0. The zero-order chi connectivity index (χ0) is 11.2. The van der Waals surface area contributed by atoms with E-state index in [1.54, 1.807) is 0 Å². The molecule has 0 atom stereocenters. The van der Waals surface area contributed by atoms with Gasteiger partial charge < -0.3 is 4.74 Å². The molecule has 1 aliphatic carbocycles. The number of hydrogen-bond acceptors (Lipinski definition) is 2. The second-order valence-corrected chi connectivity index (χ2v) is 4.90. The molecular weight excluding hydrogens is 198 g/mol. The van der Waals surface area contributed by atoms with E-state index in [4.69, 9.17) is 4.74 Å². The predicted molar refractivity (Wildman–Crippen MR) is 67.3 cm³/mol. The van der Waals surface area contributed by atoms with Gasteiger partial charge in [0.1, 0.15) is 6.61 Å². The van der Waals surface area contributed by atoms with Crippen molar-refractivity contribution in [2.45, 2.75) is 39.0 Å². The first-order valence-corrected chi connectivity index (χ1v) is 6.56. The molecule has 2 nitrogen and oxygen atoms in total. The zero-order valence-corrected chi connectivity index (χ0v) is 10.4. The molecule has 1 fully saturated rings. The van der Waals surface area contributed by atoms with Crippen LogP contribution in [0.25, 0.3) is 0 Å². The summed E-state index contributed by atoms with van der Waals surface area (Å²) >= 11 is 0. The Morgan fingerprint density at radius 3 is 2.62 bits per heavy atom. The van der Waals surface area contributed by atoms with Crippen molar-refractivity contribution in [2.24, 2.45) is 0 Å². The number of likely N-dealkylation sites (tertiary alicyclic amines) is 1. The molecule has 0 N–H and O–H groups in total. The van der Waals surface area contributed by atoms with Crippen LogP contribution in [0, 0.1) is 0 Å². The minimum absolute atomic E-state index is 0.860. The van der Waals surface area contributed by atoms with Gasteiger partial charge in [-0.25, -0.2) is 0 Å². The Bertz CT molecular complexity index is 274. The van der Waals surface area contributed by atoms with Gasteiger partial charge in [-0.3, -0.25) is 4.90 Å². The lowest BCUT2D eigenvalue weighted by molar-refractivity contribution is 0.138. The topological polar surface area (TPSA) is 12.5 Å². The van der Waals surface area contributed by atoms with E-state index in [-0.39, 0.29) is 0 Å². The molecule has 2 heteroatoms. The smallest absolute Gasteiger partial charge is 0.100 e. The number of nitrogens with zero attached hydrogens (tertiary/aromatic N) is 1. The quantitative estimate of drug-likeness (QED) is 0.723. The largest absolute Gasteiger partial charge is 0.497 e. The van der Waals surface area contributed by atoms with Crippen molar-refractivity contribution in [2.75, 3.05) is 26.2 Å². The van der Waals surface area contributed by atoms with Crippen LogP contribution in [0.1, 0.15) is 39.0 Å². The fraction of sp³-hybridized carbons (Fsp3) is 0.714. The van der Waals surface area contributed by atoms with Gasteiger partial charge in [-0.15, -0.1) is 0 Å². The molecule has 0 amide bonds. The van der Waals surface area contributed by atoms with Crippen molar-refractivity contribution in [3.8, 4) is 0 Å². The molecule has 2 rings (SSSR count). The van der Waals surface area contributed by atoms with Crippen LogP contribution in [0.2, 0.25) is 0 Å². The van der Waals surface area contributed by atoms with E-state index < -0.39 is 0 Å². The molecule has 1 heterocycles. The minimum Gasteiger partial charge on any atom is -0.497 e. The van der Waals surface area contributed by atoms with Crippen molar-refractivity contribution in [3.63, 3.8) is 0 Å². The molecule has 0 aromatic rings. The normalized spacial score (nSPS) is 22.6. The summed E-state index contributed by atoms with van der Waals surface area (Å²) in [5.41, 5.74) is 1.46. The predicted octanol–water partition coefficient (Wildman–Crippen LogP) is 3.11. The number of rotatable bonds is 4. The molecule has 0 aromatic carbocycles. The highest BCUT2D eigenvalue weighted by Crippen LogP contribution is 2.18. The maximum Gasteiger partial charge on any atom is 0.100 e. The summed E-state index contributed by atoms with van der Waals surface area (Å²) in [6.45, 7) is 6.67. The van der Waals surface area contributed by atoms with Crippen molar-refractivity contribution in [3.05, 3.63) is 23.5 Å². The molecule has 0 bridgehead atoms. The third-order valence-electron chi connectivity index (χ3n) is 3.46. The van der Waals surface area contributed by atoms with E-state index in [1.807, 2.05) is 0 Å². The molecular formula is C14H23NO. The summed E-state index contributed by atoms with van der Waals surface area (Å²) in [6.07, 6.45) is 10.7. The second kappa shape index (κ2) is 6.09. The highest BCUT2D eigenvalue weighted by Gasteiger charge is 2.10. The number of piperidine rings is 1. The fourth-order valence-corrected chi connectivity index (χ4v) is 2.33. The molecule has 0 spiro atoms. The van der Waals surface area contributed by atoms with Gasteiger partial charge in [0.15, 0.2) is 0 Å². The first-order valence-electron chi connectivity index (χ1n) is 6.56. The Morgan fingerprint density at radius 2 is 1.94 bits per heavy atom. The van der Waals surface area contributed by atoms with E-state index in [9.17, 15) is 0 Å². The Labute approximate surface area is 99.0 Å². The van der Waals surface area contributed by atoms with E-state index in [2.05, 4.69) is 24.0 Å². The lowest BCUT2D eigenvalue weighted by Crippen LogP contribution is -2.32. The van der Waals surface area contributed by atoms with E-state index in [1.165, 1.54) is 43.7 Å². The SMILES string of the molecule is CC1=CC=C(OCCN2CCCCC2)CC1. The Hall–Kier alpha value is -0.760. The fourth-order valence-electron chi connectivity index (χ4n) is 2.33. The van der Waals surface area contributed by atoms with Crippen LogP contribution in [-0.2, 0) is 4.74 Å². The first-order chi connectivity index (χ1) is 7.84. The average molecular weight is 221 g/mol. The maximum atomic E-state index is 5.81. The van der Waals surface area contributed by atoms with Gasteiger partial charge in [-0.05, 0) is 45.4 Å². The van der Waals surface area contributed by atoms with Gasteiger partial charge in [-0.1, -0.05) is 18.1 Å². The summed E-state index contributed by atoms with van der Waals surface area (Å²) in [5.74, 6) is 1.17. The average Bonchev–Trinajstić information content (AvgIpc) is 2.33. The van der Waals surface area contributed by atoms with Crippen LogP contribution in [0.4, 0.5) is 0 Å². The van der Waals surface area contributed by atoms with Gasteiger partial charge >= 0.3 is 0 Å². The van der Waals surface area contributed by atoms with Crippen LogP contribution in [0.5, 0.6) is 0 Å². The molecule has 1 aliphatic heterocycles. The molecule has 1 saturated heterocycles. The Balaban J connectivity index is 1.64. The van der Waals surface area contributed by atoms with E-state index in [0.717, 1.165) is 26.0 Å². The molecule has 0 aromatic heterocycles. The summed E-state index contributed by atoms with van der Waals surface area (Å²) < 4.78 is 5.81. The first kappa shape index (κ1) is 11.7. The van der Waals surface area contributed by atoms with E-state index >= 15 is 0 Å².